The summed E-state index contributed by atoms with van der Waals surface area (Å²) in [6.45, 7) is 4.76. The van der Waals surface area contributed by atoms with E-state index in [0.29, 0.717) is 30.0 Å². The normalized spacial score (nSPS) is 21.1. The lowest BCUT2D eigenvalue weighted by Gasteiger charge is -2.37. The van der Waals surface area contributed by atoms with Gasteiger partial charge in [-0.2, -0.15) is 0 Å². The van der Waals surface area contributed by atoms with Gasteiger partial charge in [-0.15, -0.1) is 10.2 Å². The lowest BCUT2D eigenvalue weighted by Crippen LogP contribution is -2.61. The molecular formula is C18H21BrN6O3. The predicted octanol–water partition coefficient (Wildman–Crippen LogP) is 2.24. The molecule has 2 atom stereocenters. The molecule has 2 aromatic rings. The Hall–Kier alpha value is -2.62. The number of rotatable bonds is 4. The number of nitrogens with zero attached hydrogens (tertiary/aromatic N) is 5. The largest absolute Gasteiger partial charge is 0.496 e. The second kappa shape index (κ2) is 6.77. The third kappa shape index (κ3) is 2.74. The zero-order chi connectivity index (χ0) is 20.2. The molecule has 10 heteroatoms. The van der Waals surface area contributed by atoms with Gasteiger partial charge in [-0.05, 0) is 24.1 Å². The quantitative estimate of drug-likeness (QED) is 0.770. The number of nitrogens with one attached hydrogen (secondary N) is 1. The van der Waals surface area contributed by atoms with Crippen LogP contribution in [0.3, 0.4) is 0 Å². The number of aromatic nitrogens is 3. The molecule has 3 heterocycles. The van der Waals surface area contributed by atoms with E-state index in [1.165, 1.54) is 4.90 Å². The molecule has 0 radical (unpaired) electrons. The molecule has 1 saturated heterocycles. The Morgan fingerprint density at radius 3 is 2.71 bits per heavy atom. The number of anilines is 1. The van der Waals surface area contributed by atoms with Crippen LogP contribution in [0.2, 0.25) is 0 Å². The first-order valence-corrected chi connectivity index (χ1v) is 9.76. The lowest BCUT2D eigenvalue weighted by atomic mass is 10.1. The average molecular weight is 449 g/mol. The van der Waals surface area contributed by atoms with Crippen LogP contribution in [0.15, 0.2) is 22.7 Å². The summed E-state index contributed by atoms with van der Waals surface area (Å²) in [5, 5.41) is 11.2. The van der Waals surface area contributed by atoms with Gasteiger partial charge < -0.3 is 14.5 Å². The number of hydrogen-bond donors (Lipinski definition) is 1. The molecule has 1 fully saturated rings. The van der Waals surface area contributed by atoms with Crippen molar-refractivity contribution in [2.24, 2.45) is 5.92 Å². The summed E-state index contributed by atoms with van der Waals surface area (Å²) in [7, 11) is 3.26. The SMILES string of the molecule is COc1ccc(Br)cc1-c1nnc2n1C1C(C(=O)NC(=O)N1C)N2CC(C)C. The van der Waals surface area contributed by atoms with E-state index in [1.54, 1.807) is 14.2 Å². The highest BCUT2D eigenvalue weighted by atomic mass is 79.9. The van der Waals surface area contributed by atoms with Gasteiger partial charge in [0.15, 0.2) is 11.9 Å². The number of likely N-dealkylation sites (N-methyl/N-ethyl adjacent to an activating group) is 1. The zero-order valence-electron chi connectivity index (χ0n) is 16.0. The Kier molecular flexibility index (Phi) is 4.53. The number of carbonyl (C=O) groups is 2. The van der Waals surface area contributed by atoms with Crippen molar-refractivity contribution in [3.63, 3.8) is 0 Å². The van der Waals surface area contributed by atoms with Crippen LogP contribution < -0.4 is 15.0 Å². The maximum atomic E-state index is 12.7. The number of ether oxygens (including phenoxy) is 1. The van der Waals surface area contributed by atoms with E-state index in [2.05, 4.69) is 45.3 Å². The van der Waals surface area contributed by atoms with Crippen LogP contribution >= 0.6 is 15.9 Å². The molecule has 0 saturated carbocycles. The van der Waals surface area contributed by atoms with Gasteiger partial charge in [0, 0.05) is 18.1 Å². The molecule has 2 unspecified atom stereocenters. The van der Waals surface area contributed by atoms with E-state index in [4.69, 9.17) is 4.74 Å². The van der Waals surface area contributed by atoms with Crippen LogP contribution in [0.25, 0.3) is 11.4 Å². The molecule has 1 N–H and O–H groups in total. The molecule has 0 spiro atoms. The summed E-state index contributed by atoms with van der Waals surface area (Å²) >= 11 is 3.48. The topological polar surface area (TPSA) is 92.6 Å². The first kappa shape index (κ1) is 18.7. The Morgan fingerprint density at radius 2 is 2.04 bits per heavy atom. The maximum Gasteiger partial charge on any atom is 0.325 e. The van der Waals surface area contributed by atoms with Crippen molar-refractivity contribution >= 4 is 33.8 Å². The Labute approximate surface area is 170 Å². The predicted molar refractivity (Wildman–Crippen MR) is 106 cm³/mol. The van der Waals surface area contributed by atoms with Gasteiger partial charge in [-0.25, -0.2) is 4.79 Å². The minimum absolute atomic E-state index is 0.295. The molecule has 9 nitrogen and oxygen atoms in total. The van der Waals surface area contributed by atoms with Gasteiger partial charge in [0.25, 0.3) is 5.91 Å². The Bertz CT molecular complexity index is 959. The number of fused-ring (bicyclic) bond motifs is 3. The van der Waals surface area contributed by atoms with Crippen LogP contribution in [0.1, 0.15) is 20.0 Å². The maximum absolute atomic E-state index is 12.7. The first-order chi connectivity index (χ1) is 13.3. The van der Waals surface area contributed by atoms with Gasteiger partial charge in [-0.1, -0.05) is 29.8 Å². The van der Waals surface area contributed by atoms with Crippen molar-refractivity contribution in [1.29, 1.82) is 0 Å². The number of benzene rings is 1. The highest BCUT2D eigenvalue weighted by molar-refractivity contribution is 9.10. The third-order valence-corrected chi connectivity index (χ3v) is 5.49. The molecule has 28 heavy (non-hydrogen) atoms. The fraction of sp³-hybridized carbons (Fsp3) is 0.444. The number of halogens is 1. The minimum Gasteiger partial charge on any atom is -0.496 e. The molecule has 2 aliphatic heterocycles. The van der Waals surface area contributed by atoms with Gasteiger partial charge in [0.05, 0.1) is 12.7 Å². The molecule has 2 aliphatic rings. The summed E-state index contributed by atoms with van der Waals surface area (Å²) in [4.78, 5) is 28.5. The van der Waals surface area contributed by atoms with E-state index < -0.39 is 18.2 Å². The summed E-state index contributed by atoms with van der Waals surface area (Å²) in [5.74, 6) is 1.71. The van der Waals surface area contributed by atoms with Crippen molar-refractivity contribution in [1.82, 2.24) is 25.0 Å². The number of urea groups is 1. The molecule has 1 aromatic carbocycles. The van der Waals surface area contributed by atoms with Crippen LogP contribution in [0.4, 0.5) is 10.7 Å². The fourth-order valence-corrected chi connectivity index (χ4v) is 4.19. The molecule has 3 amide bonds. The standard InChI is InChI=1S/C18H21BrN6O3/c1-9(2)8-24-13-15(26)20-18(27)23(3)16(13)25-14(21-22-17(24)25)11-7-10(19)5-6-12(11)28-4/h5-7,9,13,16H,8H2,1-4H3,(H,20,26,27). The van der Waals surface area contributed by atoms with Crippen molar-refractivity contribution in [2.45, 2.75) is 26.1 Å². The van der Waals surface area contributed by atoms with Gasteiger partial charge >= 0.3 is 6.03 Å². The van der Waals surface area contributed by atoms with E-state index in [-0.39, 0.29) is 5.91 Å². The van der Waals surface area contributed by atoms with E-state index in [0.717, 1.165) is 10.0 Å². The average Bonchev–Trinajstić information content (AvgIpc) is 3.19. The summed E-state index contributed by atoms with van der Waals surface area (Å²) < 4.78 is 8.22. The second-order valence-electron chi connectivity index (χ2n) is 7.35. The minimum atomic E-state index is -0.563. The fourth-order valence-electron chi connectivity index (χ4n) is 3.83. The highest BCUT2D eigenvalue weighted by Gasteiger charge is 2.52. The van der Waals surface area contributed by atoms with E-state index in [9.17, 15) is 9.59 Å². The van der Waals surface area contributed by atoms with Crippen molar-refractivity contribution in [2.75, 3.05) is 25.6 Å². The lowest BCUT2D eigenvalue weighted by molar-refractivity contribution is -0.124. The second-order valence-corrected chi connectivity index (χ2v) is 8.26. The molecule has 1 aromatic heterocycles. The van der Waals surface area contributed by atoms with Crippen LogP contribution in [0.5, 0.6) is 5.75 Å². The molecular weight excluding hydrogens is 428 g/mol. The number of methoxy groups -OCH3 is 1. The number of imide groups is 1. The Morgan fingerprint density at radius 1 is 1.29 bits per heavy atom. The van der Waals surface area contributed by atoms with Crippen LogP contribution in [-0.4, -0.2) is 58.3 Å². The number of carbonyl (C=O) groups excluding carboxylic acids is 2. The monoisotopic (exact) mass is 448 g/mol. The summed E-state index contributed by atoms with van der Waals surface area (Å²) in [6.07, 6.45) is -0.538. The highest BCUT2D eigenvalue weighted by Crippen LogP contribution is 2.43. The first-order valence-electron chi connectivity index (χ1n) is 8.96. The van der Waals surface area contributed by atoms with Crippen molar-refractivity contribution in [3.8, 4) is 17.1 Å². The molecule has 0 bridgehead atoms. The molecule has 148 valence electrons. The van der Waals surface area contributed by atoms with Crippen LogP contribution in [0, 0.1) is 5.92 Å². The van der Waals surface area contributed by atoms with Crippen molar-refractivity contribution in [3.05, 3.63) is 22.7 Å². The molecule has 0 aliphatic carbocycles. The number of hydrogen-bond acceptors (Lipinski definition) is 6. The summed E-state index contributed by atoms with van der Waals surface area (Å²) in [5.41, 5.74) is 0.729. The number of amides is 3. The van der Waals surface area contributed by atoms with Crippen LogP contribution in [-0.2, 0) is 4.79 Å². The molecule has 4 rings (SSSR count). The van der Waals surface area contributed by atoms with Gasteiger partial charge in [-0.3, -0.25) is 14.7 Å². The van der Waals surface area contributed by atoms with E-state index >= 15 is 0 Å². The van der Waals surface area contributed by atoms with Crippen molar-refractivity contribution < 1.29 is 14.3 Å². The van der Waals surface area contributed by atoms with E-state index in [1.807, 2.05) is 27.7 Å². The smallest absolute Gasteiger partial charge is 0.325 e. The van der Waals surface area contributed by atoms with Gasteiger partial charge in [0.1, 0.15) is 11.9 Å². The zero-order valence-corrected chi connectivity index (χ0v) is 17.6. The Balaban J connectivity index is 1.92. The third-order valence-electron chi connectivity index (χ3n) is 5.00. The van der Waals surface area contributed by atoms with Gasteiger partial charge in [0.2, 0.25) is 5.95 Å². The summed E-state index contributed by atoms with van der Waals surface area (Å²) in [6, 6.07) is 4.60.